The van der Waals surface area contributed by atoms with Crippen molar-refractivity contribution < 1.29 is 9.90 Å². The molecule has 2 rings (SSSR count). The van der Waals surface area contributed by atoms with E-state index in [2.05, 4.69) is 5.32 Å². The van der Waals surface area contributed by atoms with Crippen molar-refractivity contribution in [3.63, 3.8) is 0 Å². The molecule has 0 saturated carbocycles. The van der Waals surface area contributed by atoms with Gasteiger partial charge in [0, 0.05) is 10.6 Å². The Bertz CT molecular complexity index is 520. The van der Waals surface area contributed by atoms with E-state index in [0.29, 0.717) is 6.42 Å². The lowest BCUT2D eigenvalue weighted by Crippen LogP contribution is -2.13. The highest BCUT2D eigenvalue weighted by molar-refractivity contribution is 7.10. The Balaban J connectivity index is 2.00. The van der Waals surface area contributed by atoms with E-state index in [-0.39, 0.29) is 5.91 Å². The van der Waals surface area contributed by atoms with Crippen LogP contribution in [0.25, 0.3) is 0 Å². The molecule has 3 nitrogen and oxygen atoms in total. The summed E-state index contributed by atoms with van der Waals surface area (Å²) in [5.74, 6) is -0.0415. The lowest BCUT2D eigenvalue weighted by molar-refractivity contribution is -0.115. The fraction of sp³-hybridized carbons (Fsp3) is 0.214. The van der Waals surface area contributed by atoms with Crippen LogP contribution in [0.2, 0.25) is 0 Å². The van der Waals surface area contributed by atoms with E-state index in [9.17, 15) is 9.90 Å². The van der Waals surface area contributed by atoms with Crippen LogP contribution in [-0.4, -0.2) is 11.0 Å². The molecule has 94 valence electrons. The van der Waals surface area contributed by atoms with Gasteiger partial charge >= 0.3 is 0 Å². The van der Waals surface area contributed by atoms with Crippen molar-refractivity contribution in [2.45, 2.75) is 19.4 Å². The largest absolute Gasteiger partial charge is 0.389 e. The minimum Gasteiger partial charge on any atom is -0.389 e. The molecule has 1 heterocycles. The van der Waals surface area contributed by atoms with Gasteiger partial charge in [0.2, 0.25) is 5.91 Å². The number of carbonyl (C=O) groups is 1. The lowest BCUT2D eigenvalue weighted by Gasteiger charge is -2.08. The van der Waals surface area contributed by atoms with Gasteiger partial charge in [0.1, 0.15) is 0 Å². The number of aliphatic hydroxyl groups is 1. The third-order valence-electron chi connectivity index (χ3n) is 2.57. The Labute approximate surface area is 110 Å². The van der Waals surface area contributed by atoms with Crippen LogP contribution < -0.4 is 5.32 Å². The second-order valence-corrected chi connectivity index (χ2v) is 5.14. The summed E-state index contributed by atoms with van der Waals surface area (Å²) in [6.45, 7) is 1.70. The maximum atomic E-state index is 11.8. The van der Waals surface area contributed by atoms with Crippen molar-refractivity contribution in [2.75, 3.05) is 5.32 Å². The molecule has 1 aromatic heterocycles. The number of hydrogen-bond donors (Lipinski definition) is 2. The minimum absolute atomic E-state index is 0.0415. The van der Waals surface area contributed by atoms with E-state index in [1.165, 1.54) is 0 Å². The van der Waals surface area contributed by atoms with Crippen LogP contribution in [-0.2, 0) is 11.2 Å². The summed E-state index contributed by atoms with van der Waals surface area (Å²) in [6, 6.07) is 11.1. The first kappa shape index (κ1) is 12.8. The number of hydrogen-bond acceptors (Lipinski definition) is 3. The van der Waals surface area contributed by atoms with Crippen LogP contribution in [0, 0.1) is 0 Å². The van der Waals surface area contributed by atoms with Gasteiger partial charge in [-0.15, -0.1) is 11.3 Å². The molecule has 18 heavy (non-hydrogen) atoms. The predicted octanol–water partition coefficient (Wildman–Crippen LogP) is 2.98. The molecule has 0 saturated heterocycles. The van der Waals surface area contributed by atoms with Crippen molar-refractivity contribution in [1.29, 1.82) is 0 Å². The van der Waals surface area contributed by atoms with E-state index in [4.69, 9.17) is 0 Å². The molecule has 0 radical (unpaired) electrons. The van der Waals surface area contributed by atoms with Crippen LogP contribution in [0.3, 0.4) is 0 Å². The summed E-state index contributed by atoms with van der Waals surface area (Å²) in [6.07, 6.45) is -0.143. The molecule has 0 bridgehead atoms. The summed E-state index contributed by atoms with van der Waals surface area (Å²) in [4.78, 5) is 12.8. The first-order valence-electron chi connectivity index (χ1n) is 5.75. The molecule has 1 atom stereocenters. The predicted molar refractivity (Wildman–Crippen MR) is 73.7 cm³/mol. The number of amides is 1. The minimum atomic E-state index is -0.529. The third-order valence-corrected chi connectivity index (χ3v) is 3.44. The molecule has 0 unspecified atom stereocenters. The maximum Gasteiger partial charge on any atom is 0.229 e. The number of rotatable bonds is 4. The van der Waals surface area contributed by atoms with E-state index in [1.807, 2.05) is 35.7 Å². The Morgan fingerprint density at radius 1 is 1.39 bits per heavy atom. The fourth-order valence-corrected chi connectivity index (χ4v) is 2.36. The molecular weight excluding hydrogens is 246 g/mol. The molecule has 0 fully saturated rings. The smallest absolute Gasteiger partial charge is 0.229 e. The van der Waals surface area contributed by atoms with E-state index in [0.717, 1.165) is 16.1 Å². The Hall–Kier alpha value is -1.65. The van der Waals surface area contributed by atoms with Gasteiger partial charge in [-0.25, -0.2) is 0 Å². The van der Waals surface area contributed by atoms with Gasteiger partial charge in [-0.05, 0) is 36.1 Å². The van der Waals surface area contributed by atoms with E-state index in [1.54, 1.807) is 24.3 Å². The normalized spacial score (nSPS) is 12.1. The quantitative estimate of drug-likeness (QED) is 0.889. The monoisotopic (exact) mass is 261 g/mol. The Morgan fingerprint density at radius 2 is 2.22 bits per heavy atom. The SMILES string of the molecule is C[C@H](O)c1cccc(NC(=O)Cc2cccs2)c1. The van der Waals surface area contributed by atoms with Crippen LogP contribution in [0.5, 0.6) is 0 Å². The van der Waals surface area contributed by atoms with Gasteiger partial charge in [-0.3, -0.25) is 4.79 Å². The zero-order valence-electron chi connectivity index (χ0n) is 10.1. The topological polar surface area (TPSA) is 49.3 Å². The highest BCUT2D eigenvalue weighted by atomic mass is 32.1. The average molecular weight is 261 g/mol. The highest BCUT2D eigenvalue weighted by Gasteiger charge is 2.06. The molecule has 1 aromatic carbocycles. The molecule has 0 aliphatic carbocycles. The molecule has 0 aliphatic rings. The highest BCUT2D eigenvalue weighted by Crippen LogP contribution is 2.17. The van der Waals surface area contributed by atoms with Crippen LogP contribution in [0.1, 0.15) is 23.5 Å². The van der Waals surface area contributed by atoms with Crippen molar-refractivity contribution >= 4 is 22.9 Å². The number of aliphatic hydroxyl groups excluding tert-OH is 1. The van der Waals surface area contributed by atoms with Crippen LogP contribution >= 0.6 is 11.3 Å². The molecule has 1 amide bonds. The fourth-order valence-electron chi connectivity index (χ4n) is 1.65. The first-order chi connectivity index (χ1) is 8.65. The molecule has 2 aromatic rings. The summed E-state index contributed by atoms with van der Waals surface area (Å²) in [5.41, 5.74) is 1.51. The van der Waals surface area contributed by atoms with Crippen molar-refractivity contribution in [1.82, 2.24) is 0 Å². The number of anilines is 1. The zero-order chi connectivity index (χ0) is 13.0. The summed E-state index contributed by atoms with van der Waals surface area (Å²) < 4.78 is 0. The number of nitrogens with one attached hydrogen (secondary N) is 1. The summed E-state index contributed by atoms with van der Waals surface area (Å²) >= 11 is 1.57. The number of carbonyl (C=O) groups excluding carboxylic acids is 1. The third kappa shape index (κ3) is 3.42. The molecular formula is C14H15NO2S. The van der Waals surface area contributed by atoms with Gasteiger partial charge in [0.05, 0.1) is 12.5 Å². The summed E-state index contributed by atoms with van der Waals surface area (Å²) in [5, 5.41) is 14.3. The zero-order valence-corrected chi connectivity index (χ0v) is 10.9. The van der Waals surface area contributed by atoms with E-state index < -0.39 is 6.10 Å². The Morgan fingerprint density at radius 3 is 2.89 bits per heavy atom. The van der Waals surface area contributed by atoms with Crippen LogP contribution in [0.4, 0.5) is 5.69 Å². The summed E-state index contributed by atoms with van der Waals surface area (Å²) in [7, 11) is 0. The van der Waals surface area contributed by atoms with Crippen molar-refractivity contribution in [2.24, 2.45) is 0 Å². The average Bonchev–Trinajstić information content (AvgIpc) is 2.82. The lowest BCUT2D eigenvalue weighted by atomic mass is 10.1. The molecule has 4 heteroatoms. The standard InChI is InChI=1S/C14H15NO2S/c1-10(16)11-4-2-5-12(8-11)15-14(17)9-13-6-3-7-18-13/h2-8,10,16H,9H2,1H3,(H,15,17)/t10-/m0/s1. The van der Waals surface area contributed by atoms with Crippen LogP contribution in [0.15, 0.2) is 41.8 Å². The molecule has 2 N–H and O–H groups in total. The van der Waals surface area contributed by atoms with Crippen molar-refractivity contribution in [3.05, 3.63) is 52.2 Å². The molecule has 0 aliphatic heterocycles. The van der Waals surface area contributed by atoms with E-state index >= 15 is 0 Å². The number of thiophene rings is 1. The first-order valence-corrected chi connectivity index (χ1v) is 6.63. The van der Waals surface area contributed by atoms with Crippen molar-refractivity contribution in [3.8, 4) is 0 Å². The van der Waals surface area contributed by atoms with Gasteiger partial charge in [-0.1, -0.05) is 18.2 Å². The van der Waals surface area contributed by atoms with Gasteiger partial charge in [-0.2, -0.15) is 0 Å². The van der Waals surface area contributed by atoms with Gasteiger partial charge in [0.25, 0.3) is 0 Å². The van der Waals surface area contributed by atoms with Gasteiger partial charge < -0.3 is 10.4 Å². The second kappa shape index (κ2) is 5.80. The Kier molecular flexibility index (Phi) is 4.12. The maximum absolute atomic E-state index is 11.8. The number of benzene rings is 1. The second-order valence-electron chi connectivity index (χ2n) is 4.11. The van der Waals surface area contributed by atoms with Gasteiger partial charge in [0.15, 0.2) is 0 Å². The molecule has 0 spiro atoms.